The van der Waals surface area contributed by atoms with E-state index in [0.29, 0.717) is 25.9 Å². The van der Waals surface area contributed by atoms with Crippen LogP contribution in [0.15, 0.2) is 30.6 Å². The summed E-state index contributed by atoms with van der Waals surface area (Å²) in [6, 6.07) is 5.73. The fraction of sp³-hybridized carbons (Fsp3) is 0.385. The number of hydrogen-bond donors (Lipinski definition) is 1. The van der Waals surface area contributed by atoms with Crippen molar-refractivity contribution in [3.8, 4) is 0 Å². The number of nitrogens with zero attached hydrogens (tertiary/aromatic N) is 3. The van der Waals surface area contributed by atoms with Crippen LogP contribution in [0.1, 0.15) is 12.8 Å². The van der Waals surface area contributed by atoms with Crippen molar-refractivity contribution in [2.75, 3.05) is 18.0 Å². The molecule has 3 heterocycles. The highest BCUT2D eigenvalue weighted by atomic mass is 32.2. The maximum atomic E-state index is 11.4. The van der Waals surface area contributed by atoms with E-state index in [9.17, 15) is 8.42 Å². The van der Waals surface area contributed by atoms with Crippen LogP contribution in [0.25, 0.3) is 10.9 Å². The number of anilines is 1. The summed E-state index contributed by atoms with van der Waals surface area (Å²) in [6.45, 7) is 1.28. The van der Waals surface area contributed by atoms with Gasteiger partial charge in [0.15, 0.2) is 0 Å². The molecule has 2 aromatic rings. The van der Waals surface area contributed by atoms with Crippen LogP contribution in [0, 0.1) is 0 Å². The number of primary sulfonamides is 1. The minimum atomic E-state index is -3.43. The molecule has 2 N–H and O–H groups in total. The first-order chi connectivity index (χ1) is 9.55. The van der Waals surface area contributed by atoms with Crippen molar-refractivity contribution in [1.29, 1.82) is 0 Å². The van der Waals surface area contributed by atoms with Crippen molar-refractivity contribution in [3.63, 3.8) is 0 Å². The maximum absolute atomic E-state index is 11.4. The highest BCUT2D eigenvalue weighted by molar-refractivity contribution is 7.89. The number of rotatable bonds is 2. The maximum Gasteiger partial charge on any atom is 0.212 e. The molecule has 106 valence electrons. The van der Waals surface area contributed by atoms with E-state index in [1.54, 1.807) is 12.4 Å². The van der Waals surface area contributed by atoms with Crippen LogP contribution >= 0.6 is 0 Å². The van der Waals surface area contributed by atoms with Gasteiger partial charge in [-0.2, -0.15) is 0 Å². The standard InChI is InChI=1S/C13H16N4O2S/c14-20(18,19)10-4-8-17(9-5-10)13-11-2-1-6-15-12(11)3-7-16-13/h1-3,6-7,10H,4-5,8-9H2,(H2,14,18,19). The molecule has 2 aromatic heterocycles. The zero-order valence-electron chi connectivity index (χ0n) is 10.9. The largest absolute Gasteiger partial charge is 0.356 e. The van der Waals surface area contributed by atoms with Gasteiger partial charge >= 0.3 is 0 Å². The Morgan fingerprint density at radius 1 is 1.15 bits per heavy atom. The molecule has 0 saturated carbocycles. The van der Waals surface area contributed by atoms with Gasteiger partial charge in [0.2, 0.25) is 10.0 Å². The quantitative estimate of drug-likeness (QED) is 0.887. The van der Waals surface area contributed by atoms with Gasteiger partial charge < -0.3 is 4.90 Å². The second-order valence-corrected chi connectivity index (χ2v) is 6.82. The summed E-state index contributed by atoms with van der Waals surface area (Å²) in [7, 11) is -3.43. The van der Waals surface area contributed by atoms with Crippen LogP contribution in [-0.2, 0) is 10.0 Å². The predicted octanol–water partition coefficient (Wildman–Crippen LogP) is 0.887. The molecule has 7 heteroatoms. The fourth-order valence-corrected chi connectivity index (χ4v) is 3.50. The lowest BCUT2D eigenvalue weighted by molar-refractivity contribution is 0.529. The number of pyridine rings is 2. The third kappa shape index (κ3) is 2.46. The zero-order chi connectivity index (χ0) is 14.2. The number of sulfonamides is 1. The predicted molar refractivity (Wildman–Crippen MR) is 77.9 cm³/mol. The van der Waals surface area contributed by atoms with Gasteiger partial charge in [0.25, 0.3) is 0 Å². The highest BCUT2D eigenvalue weighted by Crippen LogP contribution is 2.26. The van der Waals surface area contributed by atoms with E-state index in [2.05, 4.69) is 14.9 Å². The Balaban J connectivity index is 1.87. The molecule has 0 aliphatic carbocycles. The molecule has 6 nitrogen and oxygen atoms in total. The van der Waals surface area contributed by atoms with Crippen molar-refractivity contribution < 1.29 is 8.42 Å². The Labute approximate surface area is 117 Å². The summed E-state index contributed by atoms with van der Waals surface area (Å²) in [4.78, 5) is 10.8. The van der Waals surface area contributed by atoms with E-state index in [1.165, 1.54) is 0 Å². The van der Waals surface area contributed by atoms with Crippen molar-refractivity contribution in [3.05, 3.63) is 30.6 Å². The minimum Gasteiger partial charge on any atom is -0.356 e. The van der Waals surface area contributed by atoms with Crippen LogP contribution in [0.2, 0.25) is 0 Å². The molecular weight excluding hydrogens is 276 g/mol. The van der Waals surface area contributed by atoms with Gasteiger partial charge in [0, 0.05) is 30.9 Å². The number of nitrogens with two attached hydrogens (primary N) is 1. The van der Waals surface area contributed by atoms with Gasteiger partial charge in [-0.3, -0.25) is 4.98 Å². The molecule has 0 atom stereocenters. The van der Waals surface area contributed by atoms with Crippen LogP contribution in [0.4, 0.5) is 5.82 Å². The first-order valence-corrected chi connectivity index (χ1v) is 8.13. The monoisotopic (exact) mass is 292 g/mol. The summed E-state index contributed by atoms with van der Waals surface area (Å²) in [5.74, 6) is 0.864. The van der Waals surface area contributed by atoms with Gasteiger partial charge in [-0.05, 0) is 31.0 Å². The Hall–Kier alpha value is -1.73. The van der Waals surface area contributed by atoms with E-state index in [-0.39, 0.29) is 0 Å². The van der Waals surface area contributed by atoms with Gasteiger partial charge in [0.1, 0.15) is 5.82 Å². The summed E-state index contributed by atoms with van der Waals surface area (Å²) in [5.41, 5.74) is 0.895. The molecule has 0 radical (unpaired) electrons. The van der Waals surface area contributed by atoms with E-state index < -0.39 is 15.3 Å². The van der Waals surface area contributed by atoms with Gasteiger partial charge in [-0.1, -0.05) is 0 Å². The number of fused-ring (bicyclic) bond motifs is 1. The van der Waals surface area contributed by atoms with Crippen LogP contribution in [0.3, 0.4) is 0 Å². The molecule has 1 fully saturated rings. The number of aromatic nitrogens is 2. The molecule has 0 amide bonds. The molecule has 1 aliphatic heterocycles. The van der Waals surface area contributed by atoms with E-state index in [0.717, 1.165) is 16.7 Å². The first-order valence-electron chi connectivity index (χ1n) is 6.52. The molecule has 0 unspecified atom stereocenters. The van der Waals surface area contributed by atoms with Crippen molar-refractivity contribution in [2.45, 2.75) is 18.1 Å². The molecule has 3 rings (SSSR count). The van der Waals surface area contributed by atoms with Gasteiger partial charge in [-0.15, -0.1) is 0 Å². The van der Waals surface area contributed by atoms with Crippen molar-refractivity contribution >= 4 is 26.7 Å². The lowest BCUT2D eigenvalue weighted by atomic mass is 10.1. The summed E-state index contributed by atoms with van der Waals surface area (Å²) >= 11 is 0. The molecule has 20 heavy (non-hydrogen) atoms. The Morgan fingerprint density at radius 2 is 1.90 bits per heavy atom. The zero-order valence-corrected chi connectivity index (χ0v) is 11.8. The van der Waals surface area contributed by atoms with Crippen molar-refractivity contribution in [1.82, 2.24) is 9.97 Å². The number of hydrogen-bond acceptors (Lipinski definition) is 5. The highest BCUT2D eigenvalue weighted by Gasteiger charge is 2.28. The normalized spacial score (nSPS) is 17.6. The Morgan fingerprint density at radius 3 is 2.60 bits per heavy atom. The molecule has 0 aromatic carbocycles. The second kappa shape index (κ2) is 4.99. The van der Waals surface area contributed by atoms with Gasteiger partial charge in [-0.25, -0.2) is 18.5 Å². The lowest BCUT2D eigenvalue weighted by Crippen LogP contribution is -2.42. The third-order valence-corrected chi connectivity index (χ3v) is 5.12. The topological polar surface area (TPSA) is 89.2 Å². The second-order valence-electron chi connectivity index (χ2n) is 4.98. The summed E-state index contributed by atoms with van der Waals surface area (Å²) < 4.78 is 22.8. The molecule has 0 bridgehead atoms. The molecule has 0 spiro atoms. The first kappa shape index (κ1) is 13.3. The summed E-state index contributed by atoms with van der Waals surface area (Å²) in [6.07, 6.45) is 4.56. The average Bonchev–Trinajstić information content (AvgIpc) is 2.46. The van der Waals surface area contributed by atoms with E-state index in [4.69, 9.17) is 5.14 Å². The molecular formula is C13H16N4O2S. The van der Waals surface area contributed by atoms with E-state index >= 15 is 0 Å². The van der Waals surface area contributed by atoms with E-state index in [1.807, 2.05) is 18.2 Å². The van der Waals surface area contributed by atoms with Crippen LogP contribution in [0.5, 0.6) is 0 Å². The lowest BCUT2D eigenvalue weighted by Gasteiger charge is -2.32. The minimum absolute atomic E-state index is 0.438. The number of piperidine rings is 1. The average molecular weight is 292 g/mol. The molecule has 1 aliphatic rings. The van der Waals surface area contributed by atoms with Crippen LogP contribution in [-0.4, -0.2) is 36.7 Å². The Kier molecular flexibility index (Phi) is 3.31. The van der Waals surface area contributed by atoms with Gasteiger partial charge in [0.05, 0.1) is 10.8 Å². The third-order valence-electron chi connectivity index (χ3n) is 3.71. The van der Waals surface area contributed by atoms with Crippen LogP contribution < -0.4 is 10.0 Å². The Bertz CT molecular complexity index is 719. The fourth-order valence-electron chi connectivity index (χ4n) is 2.64. The SMILES string of the molecule is NS(=O)(=O)C1CCN(c2nccc3ncccc23)CC1. The molecule has 1 saturated heterocycles. The van der Waals surface area contributed by atoms with Crippen molar-refractivity contribution in [2.24, 2.45) is 5.14 Å². The summed E-state index contributed by atoms with van der Waals surface area (Å²) in [5, 5.41) is 5.76. The smallest absolute Gasteiger partial charge is 0.212 e.